The molecule has 1 aliphatic rings. The third-order valence-corrected chi connectivity index (χ3v) is 10.2. The van der Waals surface area contributed by atoms with Crippen LogP contribution < -0.4 is 15.8 Å². The Kier molecular flexibility index (Phi) is 7.85. The molecule has 3 aromatic rings. The van der Waals surface area contributed by atoms with Crippen molar-refractivity contribution in [2.45, 2.75) is 89.7 Å². The molecule has 3 aromatic heterocycles. The number of carbonyl (C=O) groups is 1. The van der Waals surface area contributed by atoms with E-state index >= 15 is 0 Å². The van der Waals surface area contributed by atoms with Gasteiger partial charge in [0.2, 0.25) is 5.88 Å². The van der Waals surface area contributed by atoms with Crippen LogP contribution in [0.2, 0.25) is 0 Å². The van der Waals surface area contributed by atoms with Crippen LogP contribution in [0, 0.1) is 0 Å². The molecule has 0 amide bonds. The third kappa shape index (κ3) is 5.76. The molecule has 0 bridgehead atoms. The first-order chi connectivity index (χ1) is 18.5. The number of hydrogen-bond donors (Lipinski definition) is 2. The van der Waals surface area contributed by atoms with Gasteiger partial charge in [-0.05, 0) is 70.2 Å². The van der Waals surface area contributed by atoms with Crippen LogP contribution in [0.25, 0.3) is 10.8 Å². The lowest BCUT2D eigenvalue weighted by Crippen LogP contribution is -2.36. The van der Waals surface area contributed by atoms with Crippen LogP contribution in [0.3, 0.4) is 0 Å². The number of hydrogen-bond acceptors (Lipinski definition) is 10. The van der Waals surface area contributed by atoms with Crippen LogP contribution in [0.4, 0.5) is 11.6 Å². The molecule has 1 unspecified atom stereocenters. The lowest BCUT2D eigenvalue weighted by molar-refractivity contribution is 0.0235. The highest BCUT2D eigenvalue weighted by atomic mass is 32.2. The minimum absolute atomic E-state index is 0.0476. The molecule has 0 aromatic carbocycles. The molecule has 3 N–H and O–H groups in total. The third-order valence-electron chi connectivity index (χ3n) is 8.01. The summed E-state index contributed by atoms with van der Waals surface area (Å²) in [5.41, 5.74) is 7.97. The molecule has 4 heterocycles. The van der Waals surface area contributed by atoms with Crippen molar-refractivity contribution >= 4 is 38.2 Å². The zero-order chi connectivity index (χ0) is 29.6. The minimum Gasteiger partial charge on any atom is -0.474 e. The van der Waals surface area contributed by atoms with E-state index in [-0.39, 0.29) is 18.0 Å². The Morgan fingerprint density at radius 2 is 1.82 bits per heavy atom. The standard InChI is InChI=1S/C29H39N5O5S/c1-9-29(7,30)22-15-32-26(38-16(2)13-28(5,6)40(8,36)37)21-14-31-24(12-20(21)22)33-23-11-10-19-25(34-23)17(3)18(4)39-27(19)35/h10-12,14-18H,9,13,30H2,1-8H3,(H,31,33,34)/t16-,17+,18+,29?/m1/s1. The van der Waals surface area contributed by atoms with Crippen LogP contribution in [0.1, 0.15) is 88.8 Å². The van der Waals surface area contributed by atoms with Crippen molar-refractivity contribution in [3.05, 3.63) is 47.4 Å². The van der Waals surface area contributed by atoms with Gasteiger partial charge in [-0.1, -0.05) is 13.8 Å². The van der Waals surface area contributed by atoms with Crippen molar-refractivity contribution in [3.8, 4) is 5.88 Å². The highest BCUT2D eigenvalue weighted by molar-refractivity contribution is 7.92. The van der Waals surface area contributed by atoms with Crippen LogP contribution in [0.15, 0.2) is 30.6 Å². The maximum Gasteiger partial charge on any atom is 0.340 e. The molecule has 0 aliphatic carbocycles. The number of cyclic esters (lactones) is 1. The summed E-state index contributed by atoms with van der Waals surface area (Å²) >= 11 is 0. The van der Waals surface area contributed by atoms with E-state index < -0.39 is 26.2 Å². The van der Waals surface area contributed by atoms with Gasteiger partial charge in [0.1, 0.15) is 17.7 Å². The second-order valence-electron chi connectivity index (χ2n) is 11.7. The number of aromatic nitrogens is 3. The summed E-state index contributed by atoms with van der Waals surface area (Å²) in [6, 6.07) is 5.32. The van der Waals surface area contributed by atoms with Gasteiger partial charge in [-0.25, -0.2) is 28.2 Å². The van der Waals surface area contributed by atoms with E-state index in [1.807, 2.05) is 40.7 Å². The number of ether oxygens (including phenoxy) is 2. The Morgan fingerprint density at radius 1 is 1.12 bits per heavy atom. The Balaban J connectivity index is 1.71. The summed E-state index contributed by atoms with van der Waals surface area (Å²) in [6.45, 7) is 13.0. The van der Waals surface area contributed by atoms with Crippen molar-refractivity contribution in [3.63, 3.8) is 0 Å². The Hall–Kier alpha value is -3.31. The van der Waals surface area contributed by atoms with Gasteiger partial charge in [-0.2, -0.15) is 0 Å². The van der Waals surface area contributed by atoms with Gasteiger partial charge in [-0.15, -0.1) is 0 Å². The number of nitrogens with zero attached hydrogens (tertiary/aromatic N) is 3. The van der Waals surface area contributed by atoms with Gasteiger partial charge in [0.25, 0.3) is 0 Å². The molecule has 0 saturated heterocycles. The average Bonchev–Trinajstić information content (AvgIpc) is 2.86. The van der Waals surface area contributed by atoms with Crippen molar-refractivity contribution in [2.24, 2.45) is 5.73 Å². The predicted octanol–water partition coefficient (Wildman–Crippen LogP) is 5.00. The number of carbonyl (C=O) groups excluding carboxylic acids is 1. The first-order valence-electron chi connectivity index (χ1n) is 13.5. The van der Waals surface area contributed by atoms with Gasteiger partial charge in [0.05, 0.1) is 27.5 Å². The first-order valence-corrected chi connectivity index (χ1v) is 15.4. The van der Waals surface area contributed by atoms with Crippen molar-refractivity contribution in [1.29, 1.82) is 0 Å². The van der Waals surface area contributed by atoms with E-state index in [4.69, 9.17) is 20.2 Å². The summed E-state index contributed by atoms with van der Waals surface area (Å²) in [6.07, 6.45) is 4.90. The molecule has 0 spiro atoms. The van der Waals surface area contributed by atoms with Gasteiger partial charge in [0, 0.05) is 36.5 Å². The van der Waals surface area contributed by atoms with Crippen LogP contribution in [-0.4, -0.2) is 52.5 Å². The second-order valence-corrected chi connectivity index (χ2v) is 14.3. The van der Waals surface area contributed by atoms with E-state index in [0.29, 0.717) is 47.0 Å². The molecule has 4 rings (SSSR count). The zero-order valence-corrected chi connectivity index (χ0v) is 25.2. The largest absolute Gasteiger partial charge is 0.474 e. The maximum atomic E-state index is 12.3. The van der Waals surface area contributed by atoms with Gasteiger partial charge in [0.15, 0.2) is 9.84 Å². The SMILES string of the molecule is CCC(C)(N)c1cnc(O[C@H](C)CC(C)(C)S(C)(=O)=O)c2cnc(Nc3ccc4c(n3)[C@@H](C)[C@H](C)OC4=O)cc12. The number of rotatable bonds is 9. The number of nitrogens with two attached hydrogens (primary N) is 1. The fourth-order valence-electron chi connectivity index (χ4n) is 4.75. The summed E-state index contributed by atoms with van der Waals surface area (Å²) < 4.78 is 35.1. The average molecular weight is 570 g/mol. The molecule has 10 nitrogen and oxygen atoms in total. The number of anilines is 2. The molecule has 11 heteroatoms. The maximum absolute atomic E-state index is 12.3. The fraction of sp³-hybridized carbons (Fsp3) is 0.517. The minimum atomic E-state index is -3.28. The van der Waals surface area contributed by atoms with E-state index in [1.54, 1.807) is 38.4 Å². The fourth-order valence-corrected chi connectivity index (χ4v) is 5.28. The highest BCUT2D eigenvalue weighted by Crippen LogP contribution is 2.36. The number of esters is 1. The number of sulfone groups is 1. The van der Waals surface area contributed by atoms with Crippen LogP contribution in [-0.2, 0) is 20.1 Å². The number of pyridine rings is 3. The van der Waals surface area contributed by atoms with Crippen LogP contribution in [0.5, 0.6) is 5.88 Å². The summed E-state index contributed by atoms with van der Waals surface area (Å²) in [5, 5.41) is 4.74. The second kappa shape index (κ2) is 10.6. The number of nitrogens with one attached hydrogen (secondary N) is 1. The predicted molar refractivity (Wildman–Crippen MR) is 156 cm³/mol. The van der Waals surface area contributed by atoms with E-state index in [1.165, 1.54) is 6.26 Å². The molecular weight excluding hydrogens is 530 g/mol. The molecule has 40 heavy (non-hydrogen) atoms. The first kappa shape index (κ1) is 29.7. The van der Waals surface area contributed by atoms with Gasteiger partial charge >= 0.3 is 5.97 Å². The Labute approximate surface area is 236 Å². The smallest absolute Gasteiger partial charge is 0.340 e. The van der Waals surface area contributed by atoms with E-state index in [9.17, 15) is 13.2 Å². The topological polar surface area (TPSA) is 146 Å². The normalized spacial score (nSPS) is 19.9. The van der Waals surface area contributed by atoms with Crippen molar-refractivity contribution in [2.75, 3.05) is 11.6 Å². The Bertz CT molecular complexity index is 1550. The van der Waals surface area contributed by atoms with Crippen molar-refractivity contribution < 1.29 is 22.7 Å². The van der Waals surface area contributed by atoms with Gasteiger partial charge < -0.3 is 20.5 Å². The molecule has 4 atom stereocenters. The number of fused-ring (bicyclic) bond motifs is 2. The highest BCUT2D eigenvalue weighted by Gasteiger charge is 2.34. The molecule has 0 fully saturated rings. The quantitative estimate of drug-likeness (QED) is 0.338. The summed E-state index contributed by atoms with van der Waals surface area (Å²) in [7, 11) is -3.28. The molecule has 216 valence electrons. The molecular formula is C29H39N5O5S. The zero-order valence-electron chi connectivity index (χ0n) is 24.4. The molecule has 0 radical (unpaired) electrons. The summed E-state index contributed by atoms with van der Waals surface area (Å²) in [5.74, 6) is 1.03. The van der Waals surface area contributed by atoms with Crippen LogP contribution >= 0.6 is 0 Å². The molecule has 1 aliphatic heterocycles. The van der Waals surface area contributed by atoms with E-state index in [0.717, 1.165) is 10.9 Å². The monoisotopic (exact) mass is 569 g/mol. The molecule has 0 saturated carbocycles. The van der Waals surface area contributed by atoms with Gasteiger partial charge in [-0.3, -0.25) is 0 Å². The Morgan fingerprint density at radius 3 is 2.48 bits per heavy atom. The van der Waals surface area contributed by atoms with Crippen molar-refractivity contribution in [1.82, 2.24) is 15.0 Å². The lowest BCUT2D eigenvalue weighted by Gasteiger charge is -2.28. The lowest BCUT2D eigenvalue weighted by atomic mass is 9.88. The van der Waals surface area contributed by atoms with E-state index in [2.05, 4.69) is 15.3 Å². The summed E-state index contributed by atoms with van der Waals surface area (Å²) in [4.78, 5) is 26.2.